The number of carbonyl (C=O) groups is 2. The summed E-state index contributed by atoms with van der Waals surface area (Å²) < 4.78 is 16.3. The number of aliphatic imine (C=N–C) groups is 2. The van der Waals surface area contributed by atoms with Gasteiger partial charge in [-0.15, -0.1) is 0 Å². The first-order valence-corrected chi connectivity index (χ1v) is 13.0. The van der Waals surface area contributed by atoms with Crippen molar-refractivity contribution in [2.45, 2.75) is 70.1 Å². The molecule has 11 nitrogen and oxygen atoms in total. The number of fused-ring (bicyclic) bond motifs is 3. The maximum Gasteiger partial charge on any atom is 0.270 e. The van der Waals surface area contributed by atoms with Crippen LogP contribution in [0.4, 0.5) is 10.2 Å². The van der Waals surface area contributed by atoms with Gasteiger partial charge in [-0.1, -0.05) is 0 Å². The molecule has 0 radical (unpaired) electrons. The van der Waals surface area contributed by atoms with Crippen molar-refractivity contribution in [2.24, 2.45) is 9.98 Å². The minimum atomic E-state index is -1.44. The minimum absolute atomic E-state index is 0.000617. The Balaban J connectivity index is 1.40. The molecule has 39 heavy (non-hydrogen) atoms. The van der Waals surface area contributed by atoms with Crippen LogP contribution in [0.15, 0.2) is 28.4 Å². The highest BCUT2D eigenvalue weighted by Crippen LogP contribution is 2.45. The van der Waals surface area contributed by atoms with Crippen LogP contribution >= 0.6 is 0 Å². The molecule has 2 fully saturated rings. The van der Waals surface area contributed by atoms with E-state index in [9.17, 15) is 19.1 Å². The minimum Gasteiger partial charge on any atom is -0.384 e. The summed E-state index contributed by atoms with van der Waals surface area (Å²) in [6.07, 6.45) is 7.41. The van der Waals surface area contributed by atoms with Crippen LogP contribution < -0.4 is 5.73 Å². The van der Waals surface area contributed by atoms with Gasteiger partial charge >= 0.3 is 0 Å². The molecular weight excluding hydrogens is 503 g/mol. The Hall–Kier alpha value is -4.06. The fourth-order valence-electron chi connectivity index (χ4n) is 6.21. The number of carbonyl (C=O) groups excluding carboxylic acids is 2. The number of nitrogens with two attached hydrogens (primary N) is 1. The zero-order chi connectivity index (χ0) is 27.6. The molecule has 2 saturated heterocycles. The summed E-state index contributed by atoms with van der Waals surface area (Å²) in [5.41, 5.74) is 7.63. The van der Waals surface area contributed by atoms with Gasteiger partial charge in [0.05, 0.1) is 24.0 Å². The van der Waals surface area contributed by atoms with Crippen molar-refractivity contribution < 1.29 is 19.1 Å². The Kier molecular flexibility index (Phi) is 5.83. The van der Waals surface area contributed by atoms with Crippen LogP contribution in [0.5, 0.6) is 0 Å². The molecule has 1 unspecified atom stereocenters. The Labute approximate surface area is 223 Å². The van der Waals surface area contributed by atoms with Gasteiger partial charge in [-0.2, -0.15) is 9.61 Å². The topological polar surface area (TPSA) is 151 Å². The summed E-state index contributed by atoms with van der Waals surface area (Å²) in [6, 6.07) is 1.29. The lowest BCUT2D eigenvalue weighted by Gasteiger charge is -2.39. The monoisotopic (exact) mass is 532 g/mol. The van der Waals surface area contributed by atoms with Gasteiger partial charge in [0.15, 0.2) is 11.4 Å². The van der Waals surface area contributed by atoms with E-state index in [-0.39, 0.29) is 41.2 Å². The molecule has 0 saturated carbocycles. The highest BCUT2D eigenvalue weighted by atomic mass is 19.1. The van der Waals surface area contributed by atoms with Crippen molar-refractivity contribution in [3.63, 3.8) is 0 Å². The molecule has 12 heteroatoms. The second-order valence-electron chi connectivity index (χ2n) is 11.0. The zero-order valence-electron chi connectivity index (χ0n) is 21.9. The molecule has 202 valence electrons. The summed E-state index contributed by atoms with van der Waals surface area (Å²) >= 11 is 0. The molecule has 0 aliphatic carbocycles. The lowest BCUT2D eigenvalue weighted by atomic mass is 9.85. The zero-order valence-corrected chi connectivity index (χ0v) is 21.9. The number of hydrogen-bond donors (Lipinski definition) is 2. The molecule has 3 atom stereocenters. The fourth-order valence-corrected chi connectivity index (χ4v) is 6.21. The summed E-state index contributed by atoms with van der Waals surface area (Å²) in [5, 5.41) is 14.6. The van der Waals surface area contributed by atoms with Gasteiger partial charge in [0, 0.05) is 35.3 Å². The maximum atomic E-state index is 14.9. The van der Waals surface area contributed by atoms with Crippen LogP contribution in [-0.4, -0.2) is 72.0 Å². The molecule has 6 heterocycles. The van der Waals surface area contributed by atoms with E-state index < -0.39 is 11.4 Å². The Morgan fingerprint density at radius 3 is 2.49 bits per heavy atom. The van der Waals surface area contributed by atoms with Crippen molar-refractivity contribution in [3.8, 4) is 11.1 Å². The highest BCUT2D eigenvalue weighted by molar-refractivity contribution is 6.41. The number of ketones is 1. The van der Waals surface area contributed by atoms with Gasteiger partial charge in [-0.05, 0) is 52.5 Å². The number of hydrogen-bond acceptors (Lipinski definition) is 9. The lowest BCUT2D eigenvalue weighted by molar-refractivity contribution is -0.128. The van der Waals surface area contributed by atoms with Crippen LogP contribution in [0.2, 0.25) is 0 Å². The lowest BCUT2D eigenvalue weighted by Crippen LogP contribution is -2.49. The Morgan fingerprint density at radius 2 is 1.90 bits per heavy atom. The van der Waals surface area contributed by atoms with Crippen LogP contribution in [0, 0.1) is 5.82 Å². The van der Waals surface area contributed by atoms with Crippen molar-refractivity contribution >= 4 is 35.2 Å². The van der Waals surface area contributed by atoms with E-state index in [0.29, 0.717) is 53.1 Å². The first-order chi connectivity index (χ1) is 18.5. The molecule has 2 bridgehead atoms. The average molecular weight is 533 g/mol. The van der Waals surface area contributed by atoms with E-state index in [1.54, 1.807) is 0 Å². The first kappa shape index (κ1) is 25.2. The Bertz CT molecular complexity index is 1570. The second-order valence-corrected chi connectivity index (χ2v) is 11.0. The predicted molar refractivity (Wildman–Crippen MR) is 142 cm³/mol. The number of aliphatic hydroxyl groups is 1. The quantitative estimate of drug-likeness (QED) is 0.479. The number of amides is 1. The number of anilines is 1. The van der Waals surface area contributed by atoms with E-state index in [1.807, 2.05) is 4.90 Å². The molecule has 3 aromatic heterocycles. The van der Waals surface area contributed by atoms with Crippen molar-refractivity contribution in [2.75, 3.05) is 12.3 Å². The second kappa shape index (κ2) is 9.01. The average Bonchev–Trinajstić information content (AvgIpc) is 3.61. The van der Waals surface area contributed by atoms with Gasteiger partial charge in [-0.25, -0.2) is 14.4 Å². The largest absolute Gasteiger partial charge is 0.384 e. The molecule has 3 aliphatic heterocycles. The molecule has 1 amide bonds. The summed E-state index contributed by atoms with van der Waals surface area (Å²) in [4.78, 5) is 45.1. The van der Waals surface area contributed by atoms with Gasteiger partial charge in [0.25, 0.3) is 5.91 Å². The molecule has 6 rings (SSSR count). The normalized spacial score (nSPS) is 22.5. The molecule has 0 aromatic carbocycles. The number of halogens is 1. The van der Waals surface area contributed by atoms with Crippen molar-refractivity contribution in [1.29, 1.82) is 0 Å². The summed E-state index contributed by atoms with van der Waals surface area (Å²) in [7, 11) is 0. The van der Waals surface area contributed by atoms with E-state index >= 15 is 0 Å². The number of pyridine rings is 1. The number of piperidine rings is 1. The van der Waals surface area contributed by atoms with E-state index in [4.69, 9.17) is 10.7 Å². The number of nitrogen functional groups attached to an aromatic ring is 1. The first-order valence-electron chi connectivity index (χ1n) is 13.0. The SMILES string of the molecule is CC(=O)c1c(C2C[C@H]3CC[C@@H](C2)N3C(=O)C2=NC=NC2)nc2c(-c3cnc(C(C)(C)O)c(F)c3)cnn2c1N. The fraction of sp³-hybridized carbons (Fsp3) is 0.444. The molecular formula is C27H29FN8O3. The van der Waals surface area contributed by atoms with Crippen molar-refractivity contribution in [1.82, 2.24) is 24.5 Å². The number of Topliss-reactive ketones (excluding diaryl/α,β-unsaturated/α-hetero) is 1. The smallest absolute Gasteiger partial charge is 0.270 e. The standard InChI is InChI=1S/C27H29FN8O3/c1-13(37)21-22(14-6-16-4-5-17(7-14)35(16)26(38)20-11-30-12-32-20)34-25-18(10-33-36(25)24(21)29)15-8-19(28)23(31-9-15)27(2,3)39/h8-10,12,14,16-17,39H,4-7,11,29H2,1-3H3/t14?,16-,17+. The molecule has 0 spiro atoms. The summed E-state index contributed by atoms with van der Waals surface area (Å²) in [6.45, 7) is 4.68. The third kappa shape index (κ3) is 4.10. The van der Waals surface area contributed by atoms with Gasteiger partial charge in [-0.3, -0.25) is 19.6 Å². The Morgan fingerprint density at radius 1 is 1.18 bits per heavy atom. The third-order valence-electron chi connectivity index (χ3n) is 7.93. The number of aromatic nitrogens is 4. The van der Waals surface area contributed by atoms with Crippen molar-refractivity contribution in [3.05, 3.63) is 41.2 Å². The van der Waals surface area contributed by atoms with Crippen LogP contribution in [0.3, 0.4) is 0 Å². The van der Waals surface area contributed by atoms with Gasteiger partial charge in [0.1, 0.15) is 35.0 Å². The van der Waals surface area contributed by atoms with Crippen LogP contribution in [-0.2, 0) is 10.4 Å². The van der Waals surface area contributed by atoms with E-state index in [1.165, 1.54) is 50.1 Å². The van der Waals surface area contributed by atoms with E-state index in [0.717, 1.165) is 12.8 Å². The van der Waals surface area contributed by atoms with Crippen LogP contribution in [0.1, 0.15) is 74.1 Å². The maximum absolute atomic E-state index is 14.9. The van der Waals surface area contributed by atoms with Gasteiger partial charge in [0.2, 0.25) is 0 Å². The molecule has 3 N–H and O–H groups in total. The van der Waals surface area contributed by atoms with E-state index in [2.05, 4.69) is 20.1 Å². The van der Waals surface area contributed by atoms with Crippen LogP contribution in [0.25, 0.3) is 16.8 Å². The molecule has 3 aromatic rings. The van der Waals surface area contributed by atoms with Gasteiger partial charge < -0.3 is 15.7 Å². The number of nitrogens with zero attached hydrogens (tertiary/aromatic N) is 7. The highest BCUT2D eigenvalue weighted by Gasteiger charge is 2.46. The summed E-state index contributed by atoms with van der Waals surface area (Å²) in [5.74, 6) is -0.887. The third-order valence-corrected chi connectivity index (χ3v) is 7.93. The predicted octanol–water partition coefficient (Wildman–Crippen LogP) is 2.66. The number of rotatable bonds is 5. The molecule has 3 aliphatic rings.